The van der Waals surface area contributed by atoms with Gasteiger partial charge in [-0.05, 0) is 30.7 Å². The van der Waals surface area contributed by atoms with Crippen molar-refractivity contribution >= 4 is 16.6 Å². The molecule has 0 unspecified atom stereocenters. The Kier molecular flexibility index (Phi) is 5.15. The van der Waals surface area contributed by atoms with Crippen LogP contribution in [0.15, 0.2) is 35.4 Å². The predicted octanol–water partition coefficient (Wildman–Crippen LogP) is 2.76. The van der Waals surface area contributed by atoms with Gasteiger partial charge in [0.25, 0.3) is 5.56 Å². The number of anilines is 1. The highest BCUT2D eigenvalue weighted by Gasteiger charge is 2.18. The molecule has 0 atom stereocenters. The molecule has 0 saturated carbocycles. The molecule has 29 heavy (non-hydrogen) atoms. The molecule has 0 aliphatic carbocycles. The van der Waals surface area contributed by atoms with Gasteiger partial charge < -0.3 is 23.7 Å². The fourth-order valence-electron chi connectivity index (χ4n) is 3.79. The summed E-state index contributed by atoms with van der Waals surface area (Å²) in [6.45, 7) is 4.88. The summed E-state index contributed by atoms with van der Waals surface area (Å²) in [4.78, 5) is 19.5. The molecule has 1 fully saturated rings. The molecule has 2 aromatic heterocycles. The first-order valence-electron chi connectivity index (χ1n) is 9.58. The van der Waals surface area contributed by atoms with Crippen molar-refractivity contribution < 1.29 is 14.2 Å². The average molecular weight is 395 g/mol. The molecule has 3 aromatic rings. The van der Waals surface area contributed by atoms with Crippen LogP contribution in [0.5, 0.6) is 11.5 Å². The van der Waals surface area contributed by atoms with E-state index < -0.39 is 0 Å². The summed E-state index contributed by atoms with van der Waals surface area (Å²) in [5, 5.41) is 1.44. The van der Waals surface area contributed by atoms with Gasteiger partial charge in [-0.25, -0.2) is 4.98 Å². The fraction of sp³-hybridized carbons (Fsp3) is 0.364. The summed E-state index contributed by atoms with van der Waals surface area (Å²) in [6, 6.07) is 5.95. The maximum Gasteiger partial charge on any atom is 0.259 e. The highest BCUT2D eigenvalue weighted by Crippen LogP contribution is 2.37. The second kappa shape index (κ2) is 7.75. The van der Waals surface area contributed by atoms with Gasteiger partial charge in [0.2, 0.25) is 0 Å². The molecule has 1 aliphatic rings. The largest absolute Gasteiger partial charge is 0.496 e. The topological polar surface area (TPSA) is 65.8 Å². The van der Waals surface area contributed by atoms with E-state index in [9.17, 15) is 4.79 Å². The summed E-state index contributed by atoms with van der Waals surface area (Å²) < 4.78 is 18.1. The molecular weight excluding hydrogens is 370 g/mol. The lowest BCUT2D eigenvalue weighted by molar-refractivity contribution is 0.122. The Balaban J connectivity index is 1.96. The van der Waals surface area contributed by atoms with Crippen molar-refractivity contribution in [3.8, 4) is 22.6 Å². The highest BCUT2D eigenvalue weighted by atomic mass is 16.5. The Hall–Kier alpha value is -3.06. The number of aromatic nitrogens is 2. The number of hydrogen-bond acceptors (Lipinski definition) is 6. The lowest BCUT2D eigenvalue weighted by Gasteiger charge is -2.28. The first kappa shape index (κ1) is 19.3. The lowest BCUT2D eigenvalue weighted by Crippen LogP contribution is -2.36. The van der Waals surface area contributed by atoms with E-state index in [0.717, 1.165) is 52.5 Å². The highest BCUT2D eigenvalue weighted by molar-refractivity contribution is 5.97. The number of fused-ring (bicyclic) bond motifs is 1. The number of methoxy groups -OCH3 is 2. The molecule has 1 aromatic carbocycles. The van der Waals surface area contributed by atoms with Gasteiger partial charge in [-0.3, -0.25) is 4.79 Å². The molecule has 0 amide bonds. The number of aryl methyl sites for hydroxylation is 1. The molecule has 0 N–H and O–H groups in total. The van der Waals surface area contributed by atoms with Crippen LogP contribution < -0.4 is 19.9 Å². The Labute approximate surface area is 169 Å². The molecule has 0 bridgehead atoms. The van der Waals surface area contributed by atoms with E-state index in [0.29, 0.717) is 18.6 Å². The number of nitrogens with zero attached hydrogens (tertiary/aromatic N) is 3. The van der Waals surface area contributed by atoms with Gasteiger partial charge in [-0.15, -0.1) is 0 Å². The van der Waals surface area contributed by atoms with Crippen LogP contribution in [0.2, 0.25) is 0 Å². The molecule has 4 rings (SSSR count). The van der Waals surface area contributed by atoms with Gasteiger partial charge >= 0.3 is 0 Å². The number of rotatable bonds is 4. The van der Waals surface area contributed by atoms with Crippen molar-refractivity contribution in [2.45, 2.75) is 6.92 Å². The number of pyridine rings is 2. The second-order valence-electron chi connectivity index (χ2n) is 7.15. The van der Waals surface area contributed by atoms with Gasteiger partial charge in [0, 0.05) is 49.0 Å². The van der Waals surface area contributed by atoms with Crippen LogP contribution in [0.3, 0.4) is 0 Å². The third-order valence-corrected chi connectivity index (χ3v) is 5.45. The summed E-state index contributed by atoms with van der Waals surface area (Å²) in [5.74, 6) is 2.33. The quantitative estimate of drug-likeness (QED) is 0.677. The minimum atomic E-state index is -0.0733. The first-order valence-corrected chi connectivity index (χ1v) is 9.58. The van der Waals surface area contributed by atoms with Crippen LogP contribution in [-0.4, -0.2) is 50.1 Å². The monoisotopic (exact) mass is 395 g/mol. The summed E-state index contributed by atoms with van der Waals surface area (Å²) in [6.07, 6.45) is 3.53. The minimum absolute atomic E-state index is 0.0733. The van der Waals surface area contributed by atoms with Crippen molar-refractivity contribution in [1.29, 1.82) is 0 Å². The molecular formula is C22H25N3O4. The van der Waals surface area contributed by atoms with Crippen LogP contribution in [0.1, 0.15) is 5.56 Å². The van der Waals surface area contributed by atoms with Crippen molar-refractivity contribution in [2.24, 2.45) is 7.05 Å². The number of ether oxygens (including phenoxy) is 3. The van der Waals surface area contributed by atoms with E-state index in [-0.39, 0.29) is 5.56 Å². The number of hydrogen-bond donors (Lipinski definition) is 0. The zero-order valence-corrected chi connectivity index (χ0v) is 17.2. The maximum atomic E-state index is 12.7. The molecule has 0 radical (unpaired) electrons. The van der Waals surface area contributed by atoms with E-state index in [4.69, 9.17) is 14.2 Å². The number of morpholine rings is 1. The van der Waals surface area contributed by atoms with Gasteiger partial charge in [-0.2, -0.15) is 0 Å². The molecule has 1 saturated heterocycles. The Morgan fingerprint density at radius 1 is 1.03 bits per heavy atom. The van der Waals surface area contributed by atoms with Crippen LogP contribution in [0.25, 0.3) is 21.9 Å². The van der Waals surface area contributed by atoms with Crippen LogP contribution >= 0.6 is 0 Å². The van der Waals surface area contributed by atoms with E-state index in [1.54, 1.807) is 32.0 Å². The predicted molar refractivity (Wildman–Crippen MR) is 113 cm³/mol. The zero-order valence-electron chi connectivity index (χ0n) is 17.2. The van der Waals surface area contributed by atoms with Crippen molar-refractivity contribution in [3.63, 3.8) is 0 Å². The molecule has 7 heteroatoms. The second-order valence-corrected chi connectivity index (χ2v) is 7.15. The lowest BCUT2D eigenvalue weighted by atomic mass is 9.99. The normalized spacial score (nSPS) is 14.3. The van der Waals surface area contributed by atoms with Gasteiger partial charge in [0.15, 0.2) is 0 Å². The van der Waals surface area contributed by atoms with Crippen molar-refractivity contribution in [3.05, 3.63) is 46.5 Å². The Bertz CT molecular complexity index is 1090. The van der Waals surface area contributed by atoms with Crippen LogP contribution in [-0.2, 0) is 11.8 Å². The van der Waals surface area contributed by atoms with E-state index in [1.807, 2.05) is 31.3 Å². The Morgan fingerprint density at radius 3 is 2.31 bits per heavy atom. The molecule has 152 valence electrons. The molecule has 0 spiro atoms. The summed E-state index contributed by atoms with van der Waals surface area (Å²) >= 11 is 0. The minimum Gasteiger partial charge on any atom is -0.496 e. The molecule has 7 nitrogen and oxygen atoms in total. The van der Waals surface area contributed by atoms with E-state index >= 15 is 0 Å². The standard InChI is InChI=1S/C22H25N3O4/c1-14-19(27-3)9-15(10-20(14)28-4)18-13-24(2)22(26)17-12-23-21(11-16(17)18)25-5-7-29-8-6-25/h9-13H,5-8H2,1-4H3. The summed E-state index contributed by atoms with van der Waals surface area (Å²) in [7, 11) is 5.04. The van der Waals surface area contributed by atoms with Gasteiger partial charge in [0.1, 0.15) is 17.3 Å². The average Bonchev–Trinajstić information content (AvgIpc) is 2.76. The van der Waals surface area contributed by atoms with Crippen molar-refractivity contribution in [2.75, 3.05) is 45.4 Å². The maximum absolute atomic E-state index is 12.7. The third kappa shape index (κ3) is 3.42. The zero-order chi connectivity index (χ0) is 20.5. The summed E-state index contributed by atoms with van der Waals surface area (Å²) in [5.41, 5.74) is 2.71. The van der Waals surface area contributed by atoms with Crippen LogP contribution in [0.4, 0.5) is 5.82 Å². The van der Waals surface area contributed by atoms with Gasteiger partial charge in [-0.1, -0.05) is 0 Å². The van der Waals surface area contributed by atoms with E-state index in [2.05, 4.69) is 9.88 Å². The molecule has 1 aliphatic heterocycles. The van der Waals surface area contributed by atoms with E-state index in [1.165, 1.54) is 0 Å². The SMILES string of the molecule is COc1cc(-c2cn(C)c(=O)c3cnc(N4CCOCC4)cc23)cc(OC)c1C. The van der Waals surface area contributed by atoms with Crippen molar-refractivity contribution in [1.82, 2.24) is 9.55 Å². The van der Waals surface area contributed by atoms with Crippen LogP contribution in [0, 0.1) is 6.92 Å². The number of benzene rings is 1. The van der Waals surface area contributed by atoms with Gasteiger partial charge in [0.05, 0.1) is 32.8 Å². The third-order valence-electron chi connectivity index (χ3n) is 5.45. The Morgan fingerprint density at radius 2 is 1.69 bits per heavy atom. The molecule has 3 heterocycles. The smallest absolute Gasteiger partial charge is 0.259 e. The fourth-order valence-corrected chi connectivity index (χ4v) is 3.79. The first-order chi connectivity index (χ1) is 14.0.